The Morgan fingerprint density at radius 2 is 2.11 bits per heavy atom. The van der Waals surface area contributed by atoms with Gasteiger partial charge in [-0.15, -0.1) is 0 Å². The lowest BCUT2D eigenvalue weighted by Crippen LogP contribution is -2.19. The van der Waals surface area contributed by atoms with Gasteiger partial charge in [0, 0.05) is 17.7 Å². The molecule has 2 aromatic rings. The predicted octanol–water partition coefficient (Wildman–Crippen LogP) is 2.55. The largest absolute Gasteiger partial charge is 0.469 e. The fourth-order valence-corrected chi connectivity index (χ4v) is 2.37. The van der Waals surface area contributed by atoms with Crippen LogP contribution < -0.4 is 5.32 Å². The van der Waals surface area contributed by atoms with Crippen LogP contribution >= 0.6 is 0 Å². The molecular formula is C15H15NO3. The molecule has 0 aliphatic carbocycles. The molecule has 98 valence electrons. The first-order valence-electron chi connectivity index (χ1n) is 6.29. The highest BCUT2D eigenvalue weighted by atomic mass is 16.3. The van der Waals surface area contributed by atoms with Gasteiger partial charge in [-0.05, 0) is 36.6 Å². The van der Waals surface area contributed by atoms with Crippen molar-refractivity contribution < 1.29 is 14.3 Å². The van der Waals surface area contributed by atoms with E-state index in [9.17, 15) is 9.90 Å². The van der Waals surface area contributed by atoms with Crippen LogP contribution in [0.15, 0.2) is 34.9 Å². The molecular weight excluding hydrogens is 242 g/mol. The molecule has 0 fully saturated rings. The van der Waals surface area contributed by atoms with E-state index in [4.69, 9.17) is 4.42 Å². The number of benzene rings is 1. The summed E-state index contributed by atoms with van der Waals surface area (Å²) in [6.07, 6.45) is 2.09. The predicted molar refractivity (Wildman–Crippen MR) is 70.9 cm³/mol. The molecule has 0 saturated carbocycles. The molecule has 1 aliphatic rings. The summed E-state index contributed by atoms with van der Waals surface area (Å²) in [5.41, 5.74) is 3.47. The van der Waals surface area contributed by atoms with E-state index >= 15 is 0 Å². The van der Waals surface area contributed by atoms with Crippen LogP contribution in [-0.2, 0) is 11.2 Å². The summed E-state index contributed by atoms with van der Waals surface area (Å²) in [7, 11) is 0. The van der Waals surface area contributed by atoms with E-state index in [0.29, 0.717) is 12.8 Å². The molecule has 1 unspecified atom stereocenters. The molecule has 4 heteroatoms. The molecule has 1 aromatic carbocycles. The highest BCUT2D eigenvalue weighted by Crippen LogP contribution is 2.29. The van der Waals surface area contributed by atoms with Crippen molar-refractivity contribution >= 4 is 11.6 Å². The van der Waals surface area contributed by atoms with E-state index in [1.54, 1.807) is 6.26 Å². The van der Waals surface area contributed by atoms with Gasteiger partial charge < -0.3 is 14.8 Å². The zero-order valence-corrected chi connectivity index (χ0v) is 10.6. The Hall–Kier alpha value is -2.07. The Balaban J connectivity index is 1.92. The molecule has 1 atom stereocenters. The molecule has 1 aromatic heterocycles. The highest BCUT2D eigenvalue weighted by Gasteiger charge is 2.18. The standard InChI is InChI=1S/C15H15NO3/c1-9-6-12(8-19-9)15(18)11-2-4-13-10(7-11)3-5-14(17)16-13/h2,4,6-8,15,18H,3,5H2,1H3,(H,16,17). The Labute approximate surface area is 111 Å². The topological polar surface area (TPSA) is 62.5 Å². The molecule has 1 amide bonds. The molecule has 3 rings (SSSR count). The summed E-state index contributed by atoms with van der Waals surface area (Å²) in [5.74, 6) is 0.825. The first kappa shape index (κ1) is 12.0. The first-order chi connectivity index (χ1) is 9.13. The number of aliphatic hydroxyl groups excluding tert-OH is 1. The zero-order valence-electron chi connectivity index (χ0n) is 10.6. The number of amides is 1. The van der Waals surface area contributed by atoms with E-state index in [-0.39, 0.29) is 5.91 Å². The first-order valence-corrected chi connectivity index (χ1v) is 6.29. The van der Waals surface area contributed by atoms with Crippen molar-refractivity contribution in [3.63, 3.8) is 0 Å². The number of fused-ring (bicyclic) bond motifs is 1. The van der Waals surface area contributed by atoms with Gasteiger partial charge in [0.25, 0.3) is 0 Å². The van der Waals surface area contributed by atoms with Crippen LogP contribution in [0.5, 0.6) is 0 Å². The van der Waals surface area contributed by atoms with Gasteiger partial charge in [0.15, 0.2) is 0 Å². The van der Waals surface area contributed by atoms with Crippen LogP contribution in [0.1, 0.15) is 35.0 Å². The smallest absolute Gasteiger partial charge is 0.224 e. The lowest BCUT2D eigenvalue weighted by atomic mass is 9.96. The fourth-order valence-electron chi connectivity index (χ4n) is 2.37. The number of carbonyl (C=O) groups is 1. The van der Waals surface area contributed by atoms with Crippen LogP contribution in [0.2, 0.25) is 0 Å². The number of nitrogens with one attached hydrogen (secondary N) is 1. The Morgan fingerprint density at radius 1 is 1.26 bits per heavy atom. The van der Waals surface area contributed by atoms with Crippen molar-refractivity contribution in [1.82, 2.24) is 0 Å². The number of anilines is 1. The Morgan fingerprint density at radius 3 is 2.84 bits per heavy atom. The summed E-state index contributed by atoms with van der Waals surface area (Å²) < 4.78 is 5.22. The maximum atomic E-state index is 11.3. The third-order valence-corrected chi connectivity index (χ3v) is 3.41. The second kappa shape index (κ2) is 4.55. The van der Waals surface area contributed by atoms with Gasteiger partial charge in [0.05, 0.1) is 6.26 Å². The van der Waals surface area contributed by atoms with Crippen molar-refractivity contribution in [1.29, 1.82) is 0 Å². The van der Waals surface area contributed by atoms with Crippen molar-refractivity contribution in [2.75, 3.05) is 5.32 Å². The molecule has 0 radical (unpaired) electrons. The number of hydrogen-bond acceptors (Lipinski definition) is 3. The van der Waals surface area contributed by atoms with Crippen LogP contribution in [0.3, 0.4) is 0 Å². The fraction of sp³-hybridized carbons (Fsp3) is 0.267. The maximum Gasteiger partial charge on any atom is 0.224 e. The highest BCUT2D eigenvalue weighted by molar-refractivity contribution is 5.93. The summed E-state index contributed by atoms with van der Waals surface area (Å²) in [6.45, 7) is 1.85. The van der Waals surface area contributed by atoms with Crippen molar-refractivity contribution in [3.8, 4) is 0 Å². The van der Waals surface area contributed by atoms with Crippen molar-refractivity contribution in [2.45, 2.75) is 25.9 Å². The van der Waals surface area contributed by atoms with Gasteiger partial charge in [-0.3, -0.25) is 4.79 Å². The molecule has 1 aliphatic heterocycles. The monoisotopic (exact) mass is 257 g/mol. The molecule has 2 heterocycles. The minimum atomic E-state index is -0.694. The van der Waals surface area contributed by atoms with Crippen molar-refractivity contribution in [2.24, 2.45) is 0 Å². The normalized spacial score (nSPS) is 15.8. The minimum absolute atomic E-state index is 0.0475. The SMILES string of the molecule is Cc1cc(C(O)c2ccc3c(c2)CCC(=O)N3)co1. The second-order valence-corrected chi connectivity index (χ2v) is 4.86. The average Bonchev–Trinajstić information content (AvgIpc) is 2.84. The van der Waals surface area contributed by atoms with Crippen molar-refractivity contribution in [3.05, 3.63) is 53.0 Å². The maximum absolute atomic E-state index is 11.3. The zero-order chi connectivity index (χ0) is 13.4. The molecule has 0 bridgehead atoms. The van der Waals surface area contributed by atoms with Crippen LogP contribution in [0.4, 0.5) is 5.69 Å². The number of carbonyl (C=O) groups excluding carboxylic acids is 1. The van der Waals surface area contributed by atoms with Gasteiger partial charge in [0.1, 0.15) is 11.9 Å². The van der Waals surface area contributed by atoms with Gasteiger partial charge in [-0.2, -0.15) is 0 Å². The summed E-state index contributed by atoms with van der Waals surface area (Å²) in [4.78, 5) is 11.3. The lowest BCUT2D eigenvalue weighted by Gasteiger charge is -2.19. The number of aryl methyl sites for hydroxylation is 2. The van der Waals surface area contributed by atoms with Crippen LogP contribution in [0, 0.1) is 6.92 Å². The van der Waals surface area contributed by atoms with Gasteiger partial charge in [0.2, 0.25) is 5.91 Å². The Bertz CT molecular complexity index is 630. The minimum Gasteiger partial charge on any atom is -0.469 e. The number of aliphatic hydroxyl groups is 1. The van der Waals surface area contributed by atoms with Gasteiger partial charge >= 0.3 is 0 Å². The van der Waals surface area contributed by atoms with E-state index in [0.717, 1.165) is 28.1 Å². The lowest BCUT2D eigenvalue weighted by molar-refractivity contribution is -0.116. The van der Waals surface area contributed by atoms with E-state index < -0.39 is 6.10 Å². The van der Waals surface area contributed by atoms with E-state index in [1.165, 1.54) is 0 Å². The van der Waals surface area contributed by atoms with Gasteiger partial charge in [-0.1, -0.05) is 12.1 Å². The summed E-state index contributed by atoms with van der Waals surface area (Å²) in [6, 6.07) is 7.45. The average molecular weight is 257 g/mol. The van der Waals surface area contributed by atoms with E-state index in [2.05, 4.69) is 5.32 Å². The quantitative estimate of drug-likeness (QED) is 0.869. The Kier molecular flexibility index (Phi) is 2.87. The summed E-state index contributed by atoms with van der Waals surface area (Å²) in [5, 5.41) is 13.1. The molecule has 19 heavy (non-hydrogen) atoms. The molecule has 4 nitrogen and oxygen atoms in total. The van der Waals surface area contributed by atoms with E-state index in [1.807, 2.05) is 31.2 Å². The molecule has 0 saturated heterocycles. The number of hydrogen-bond donors (Lipinski definition) is 2. The number of furan rings is 1. The summed E-state index contributed by atoms with van der Waals surface area (Å²) >= 11 is 0. The van der Waals surface area contributed by atoms with Gasteiger partial charge in [-0.25, -0.2) is 0 Å². The third kappa shape index (κ3) is 2.27. The molecule has 2 N–H and O–H groups in total. The third-order valence-electron chi connectivity index (χ3n) is 3.41. The van der Waals surface area contributed by atoms with Crippen LogP contribution in [-0.4, -0.2) is 11.0 Å². The number of rotatable bonds is 2. The van der Waals surface area contributed by atoms with Crippen LogP contribution in [0.25, 0.3) is 0 Å². The molecule has 0 spiro atoms. The second-order valence-electron chi connectivity index (χ2n) is 4.86.